The maximum Gasteiger partial charge on any atom is 0.217 e. The molecule has 0 unspecified atom stereocenters. The van der Waals surface area contributed by atoms with E-state index < -0.39 is 5.95 Å². The third-order valence-corrected chi connectivity index (χ3v) is 2.81. The van der Waals surface area contributed by atoms with Gasteiger partial charge in [-0.1, -0.05) is 6.07 Å². The first-order chi connectivity index (χ1) is 9.24. The van der Waals surface area contributed by atoms with Gasteiger partial charge in [0.2, 0.25) is 5.95 Å². The van der Waals surface area contributed by atoms with Gasteiger partial charge in [0, 0.05) is 24.5 Å². The molecule has 0 spiro atoms. The Morgan fingerprint density at radius 3 is 3.05 bits per heavy atom. The summed E-state index contributed by atoms with van der Waals surface area (Å²) in [5, 5.41) is 4.00. The van der Waals surface area contributed by atoms with Gasteiger partial charge in [-0.3, -0.25) is 0 Å². The molecule has 2 N–H and O–H groups in total. The van der Waals surface area contributed by atoms with Crippen LogP contribution in [0.2, 0.25) is 0 Å². The summed E-state index contributed by atoms with van der Waals surface area (Å²) in [4.78, 5) is 15.3. The summed E-state index contributed by atoms with van der Waals surface area (Å²) in [5.41, 5.74) is 1.27. The number of fused-ring (bicyclic) bond motifs is 1. The Hall–Kier alpha value is -2.50. The van der Waals surface area contributed by atoms with E-state index in [0.717, 1.165) is 11.0 Å². The first-order valence-electron chi connectivity index (χ1n) is 5.89. The van der Waals surface area contributed by atoms with Gasteiger partial charge in [0.05, 0.1) is 5.39 Å². The Labute approximate surface area is 108 Å². The topological polar surface area (TPSA) is 66.5 Å². The third kappa shape index (κ3) is 2.24. The molecule has 0 saturated carbocycles. The lowest BCUT2D eigenvalue weighted by Gasteiger charge is -2.07. The van der Waals surface area contributed by atoms with Gasteiger partial charge in [0.25, 0.3) is 0 Å². The highest BCUT2D eigenvalue weighted by Gasteiger charge is 2.08. The quantitative estimate of drug-likeness (QED) is 0.707. The van der Waals surface area contributed by atoms with Gasteiger partial charge in [-0.15, -0.1) is 0 Å². The van der Waals surface area contributed by atoms with Crippen molar-refractivity contribution in [3.63, 3.8) is 0 Å². The predicted molar refractivity (Wildman–Crippen MR) is 70.1 cm³/mol. The first kappa shape index (κ1) is 11.6. The van der Waals surface area contributed by atoms with Crippen LogP contribution in [0.15, 0.2) is 30.6 Å². The van der Waals surface area contributed by atoms with Crippen molar-refractivity contribution in [3.8, 4) is 0 Å². The molecule has 3 rings (SSSR count). The molecule has 0 atom stereocenters. The van der Waals surface area contributed by atoms with Crippen molar-refractivity contribution in [1.82, 2.24) is 19.9 Å². The number of nitrogens with one attached hydrogen (secondary N) is 2. The van der Waals surface area contributed by atoms with Crippen LogP contribution in [-0.4, -0.2) is 19.9 Å². The Morgan fingerprint density at radius 2 is 2.21 bits per heavy atom. The number of pyridine rings is 1. The molecule has 0 aliphatic rings. The minimum Gasteiger partial charge on any atom is -0.365 e. The van der Waals surface area contributed by atoms with Crippen LogP contribution in [0.5, 0.6) is 0 Å². The predicted octanol–water partition coefficient (Wildman–Crippen LogP) is 2.41. The number of H-pyrrole nitrogens is 1. The lowest BCUT2D eigenvalue weighted by molar-refractivity contribution is 0.569. The zero-order valence-electron chi connectivity index (χ0n) is 10.3. The van der Waals surface area contributed by atoms with E-state index in [0.29, 0.717) is 23.8 Å². The van der Waals surface area contributed by atoms with Crippen LogP contribution in [0, 0.1) is 12.9 Å². The van der Waals surface area contributed by atoms with Crippen LogP contribution in [0.1, 0.15) is 11.4 Å². The van der Waals surface area contributed by atoms with Gasteiger partial charge in [-0.05, 0) is 19.1 Å². The molecule has 0 aromatic carbocycles. The van der Waals surface area contributed by atoms with Crippen molar-refractivity contribution >= 4 is 16.9 Å². The molecule has 0 amide bonds. The summed E-state index contributed by atoms with van der Waals surface area (Å²) in [6, 6.07) is 5.28. The van der Waals surface area contributed by atoms with E-state index in [2.05, 4.69) is 25.3 Å². The number of aryl methyl sites for hydroxylation is 1. The van der Waals surface area contributed by atoms with E-state index in [1.54, 1.807) is 18.3 Å². The van der Waals surface area contributed by atoms with Gasteiger partial charge in [-0.25, -0.2) is 15.0 Å². The molecule has 0 radical (unpaired) electrons. The van der Waals surface area contributed by atoms with Crippen LogP contribution in [0.25, 0.3) is 11.0 Å². The highest BCUT2D eigenvalue weighted by molar-refractivity contribution is 5.86. The van der Waals surface area contributed by atoms with Crippen molar-refractivity contribution in [3.05, 3.63) is 47.9 Å². The van der Waals surface area contributed by atoms with Gasteiger partial charge in [0.1, 0.15) is 17.3 Å². The van der Waals surface area contributed by atoms with Gasteiger partial charge in [0.15, 0.2) is 0 Å². The zero-order valence-corrected chi connectivity index (χ0v) is 10.3. The number of halogens is 1. The maximum absolute atomic E-state index is 13.4. The Balaban J connectivity index is 1.90. The number of aromatic nitrogens is 4. The Kier molecular flexibility index (Phi) is 2.83. The minimum absolute atomic E-state index is 0.330. The van der Waals surface area contributed by atoms with Crippen LogP contribution < -0.4 is 5.32 Å². The summed E-state index contributed by atoms with van der Waals surface area (Å²) < 4.78 is 13.4. The van der Waals surface area contributed by atoms with Crippen molar-refractivity contribution in [2.75, 3.05) is 5.32 Å². The van der Waals surface area contributed by atoms with Crippen LogP contribution >= 0.6 is 0 Å². The average molecular weight is 257 g/mol. The third-order valence-electron chi connectivity index (χ3n) is 2.81. The van der Waals surface area contributed by atoms with Crippen molar-refractivity contribution < 1.29 is 4.39 Å². The normalized spacial score (nSPS) is 10.8. The summed E-state index contributed by atoms with van der Waals surface area (Å²) in [6.07, 6.45) is 3.23. The number of hydrogen-bond acceptors (Lipinski definition) is 4. The number of rotatable bonds is 3. The van der Waals surface area contributed by atoms with Gasteiger partial charge < -0.3 is 10.3 Å². The molecule has 5 nitrogen and oxygen atoms in total. The SMILES string of the molecule is Cc1nc(NCc2cccnc2F)c2cc[nH]c2n1. The van der Waals surface area contributed by atoms with E-state index in [-0.39, 0.29) is 0 Å². The standard InChI is InChI=1S/C13H12FN5/c1-8-18-12-10(4-6-16-12)13(19-8)17-7-9-3-2-5-15-11(9)14/h2-6H,7H2,1H3,(H2,16,17,18,19). The van der Waals surface area contributed by atoms with Gasteiger partial charge >= 0.3 is 0 Å². The van der Waals surface area contributed by atoms with Crippen molar-refractivity contribution in [1.29, 1.82) is 0 Å². The molecular weight excluding hydrogens is 245 g/mol. The van der Waals surface area contributed by atoms with Crippen molar-refractivity contribution in [2.45, 2.75) is 13.5 Å². The number of nitrogens with zero attached hydrogens (tertiary/aromatic N) is 3. The smallest absolute Gasteiger partial charge is 0.217 e. The summed E-state index contributed by atoms with van der Waals surface area (Å²) in [7, 11) is 0. The molecule has 0 aliphatic carbocycles. The number of aromatic amines is 1. The number of hydrogen-bond donors (Lipinski definition) is 2. The highest BCUT2D eigenvalue weighted by Crippen LogP contribution is 2.19. The molecule has 6 heteroatoms. The fraction of sp³-hybridized carbons (Fsp3) is 0.154. The first-order valence-corrected chi connectivity index (χ1v) is 5.89. The van der Waals surface area contributed by atoms with Crippen molar-refractivity contribution in [2.24, 2.45) is 0 Å². The summed E-state index contributed by atoms with van der Waals surface area (Å²) in [6.45, 7) is 2.15. The molecule has 3 heterocycles. The molecule has 19 heavy (non-hydrogen) atoms. The van der Waals surface area contributed by atoms with E-state index in [9.17, 15) is 4.39 Å². The van der Waals surface area contributed by atoms with E-state index in [4.69, 9.17) is 0 Å². The van der Waals surface area contributed by atoms with Crippen LogP contribution in [0.4, 0.5) is 10.2 Å². The second-order valence-corrected chi connectivity index (χ2v) is 4.17. The fourth-order valence-corrected chi connectivity index (χ4v) is 1.92. The molecular formula is C13H12FN5. The van der Waals surface area contributed by atoms with E-state index in [1.165, 1.54) is 6.20 Å². The maximum atomic E-state index is 13.4. The second kappa shape index (κ2) is 4.64. The second-order valence-electron chi connectivity index (χ2n) is 4.17. The molecule has 0 bridgehead atoms. The van der Waals surface area contributed by atoms with E-state index in [1.807, 2.05) is 13.0 Å². The fourth-order valence-electron chi connectivity index (χ4n) is 1.92. The Bertz CT molecular complexity index is 722. The zero-order chi connectivity index (χ0) is 13.2. The molecule has 3 aromatic heterocycles. The lowest BCUT2D eigenvalue weighted by Crippen LogP contribution is -2.06. The largest absolute Gasteiger partial charge is 0.365 e. The average Bonchev–Trinajstić information content (AvgIpc) is 2.85. The molecule has 96 valence electrons. The molecule has 0 fully saturated rings. The van der Waals surface area contributed by atoms with Gasteiger partial charge in [-0.2, -0.15) is 4.39 Å². The highest BCUT2D eigenvalue weighted by atomic mass is 19.1. The Morgan fingerprint density at radius 1 is 1.32 bits per heavy atom. The minimum atomic E-state index is -0.467. The van der Waals surface area contributed by atoms with Crippen LogP contribution in [-0.2, 0) is 6.54 Å². The lowest BCUT2D eigenvalue weighted by atomic mass is 10.2. The molecule has 3 aromatic rings. The summed E-state index contributed by atoms with van der Waals surface area (Å²) in [5.74, 6) is 0.877. The molecule has 0 aliphatic heterocycles. The number of anilines is 1. The monoisotopic (exact) mass is 257 g/mol. The summed E-state index contributed by atoms with van der Waals surface area (Å²) >= 11 is 0. The van der Waals surface area contributed by atoms with E-state index >= 15 is 0 Å². The molecule has 0 saturated heterocycles. The van der Waals surface area contributed by atoms with Crippen LogP contribution in [0.3, 0.4) is 0 Å².